The van der Waals surface area contributed by atoms with Crippen molar-refractivity contribution in [2.75, 3.05) is 5.75 Å². The number of hydrogen-bond donors (Lipinski definition) is 2. The van der Waals surface area contributed by atoms with E-state index in [1.807, 2.05) is 30.3 Å². The standard InChI is InChI=1S/C16H18N4O2S/c1-16(2,22)8-9-23-15-18-13-12(14(21)19-15)10-17-20(13)11-6-4-3-5-7-11/h3-7,10,22H,8-9H2,1-2H3,(H,18,19,21). The summed E-state index contributed by atoms with van der Waals surface area (Å²) in [6.45, 7) is 3.52. The first-order chi connectivity index (χ1) is 10.9. The van der Waals surface area contributed by atoms with E-state index in [1.165, 1.54) is 18.0 Å². The topological polar surface area (TPSA) is 83.8 Å². The minimum atomic E-state index is -0.733. The molecule has 0 saturated heterocycles. The first-order valence-electron chi connectivity index (χ1n) is 7.33. The van der Waals surface area contributed by atoms with Crippen molar-refractivity contribution in [2.24, 2.45) is 0 Å². The van der Waals surface area contributed by atoms with Gasteiger partial charge in [-0.05, 0) is 32.4 Å². The van der Waals surface area contributed by atoms with Gasteiger partial charge >= 0.3 is 0 Å². The number of nitrogens with one attached hydrogen (secondary N) is 1. The van der Waals surface area contributed by atoms with Gasteiger partial charge in [0.05, 0.1) is 17.5 Å². The molecule has 0 amide bonds. The molecular weight excluding hydrogens is 312 g/mol. The highest BCUT2D eigenvalue weighted by atomic mass is 32.2. The Morgan fingerprint density at radius 3 is 2.74 bits per heavy atom. The molecule has 1 aromatic carbocycles. The molecule has 23 heavy (non-hydrogen) atoms. The number of aromatic amines is 1. The first-order valence-corrected chi connectivity index (χ1v) is 8.31. The second-order valence-corrected chi connectivity index (χ2v) is 6.99. The molecule has 0 atom stereocenters. The second kappa shape index (κ2) is 6.17. The lowest BCUT2D eigenvalue weighted by Gasteiger charge is -2.15. The summed E-state index contributed by atoms with van der Waals surface area (Å²) in [6.07, 6.45) is 2.14. The maximum absolute atomic E-state index is 12.2. The molecule has 3 aromatic rings. The zero-order valence-corrected chi connectivity index (χ0v) is 13.8. The zero-order valence-electron chi connectivity index (χ0n) is 13.0. The Kier molecular flexibility index (Phi) is 4.23. The van der Waals surface area contributed by atoms with Gasteiger partial charge in [0.2, 0.25) is 0 Å². The fourth-order valence-corrected chi connectivity index (χ4v) is 3.23. The molecule has 0 aliphatic heterocycles. The van der Waals surface area contributed by atoms with E-state index in [4.69, 9.17) is 0 Å². The van der Waals surface area contributed by atoms with Gasteiger partial charge in [-0.3, -0.25) is 4.79 Å². The Balaban J connectivity index is 1.95. The highest BCUT2D eigenvalue weighted by Gasteiger charge is 2.14. The van der Waals surface area contributed by atoms with Crippen LogP contribution >= 0.6 is 11.8 Å². The van der Waals surface area contributed by atoms with Gasteiger partial charge < -0.3 is 10.1 Å². The Labute approximate surface area is 137 Å². The molecule has 7 heteroatoms. The number of para-hydroxylation sites is 1. The third-order valence-electron chi connectivity index (χ3n) is 3.37. The molecule has 6 nitrogen and oxygen atoms in total. The summed E-state index contributed by atoms with van der Waals surface area (Å²) in [4.78, 5) is 19.5. The Morgan fingerprint density at radius 1 is 1.30 bits per heavy atom. The predicted molar refractivity (Wildman–Crippen MR) is 91.1 cm³/mol. The van der Waals surface area contributed by atoms with Crippen LogP contribution in [0.1, 0.15) is 20.3 Å². The number of H-pyrrole nitrogens is 1. The van der Waals surface area contributed by atoms with Crippen molar-refractivity contribution >= 4 is 22.8 Å². The number of rotatable bonds is 5. The number of hydrogen-bond acceptors (Lipinski definition) is 5. The van der Waals surface area contributed by atoms with E-state index in [0.717, 1.165) is 5.69 Å². The number of aromatic nitrogens is 4. The smallest absolute Gasteiger partial charge is 0.262 e. The zero-order chi connectivity index (χ0) is 16.4. The molecule has 0 unspecified atom stereocenters. The molecule has 0 aliphatic carbocycles. The van der Waals surface area contributed by atoms with Gasteiger partial charge in [-0.25, -0.2) is 9.67 Å². The van der Waals surface area contributed by atoms with Gasteiger partial charge in [-0.15, -0.1) is 0 Å². The molecule has 2 aromatic heterocycles. The van der Waals surface area contributed by atoms with Crippen molar-refractivity contribution in [2.45, 2.75) is 31.0 Å². The highest BCUT2D eigenvalue weighted by molar-refractivity contribution is 7.99. The van der Waals surface area contributed by atoms with Crippen LogP contribution in [0.2, 0.25) is 0 Å². The van der Waals surface area contributed by atoms with Crippen LogP contribution < -0.4 is 5.56 Å². The number of thioether (sulfide) groups is 1. The molecule has 0 aliphatic rings. The van der Waals surface area contributed by atoms with E-state index in [2.05, 4.69) is 15.1 Å². The highest BCUT2D eigenvalue weighted by Crippen LogP contribution is 2.20. The third-order valence-corrected chi connectivity index (χ3v) is 4.24. The largest absolute Gasteiger partial charge is 0.390 e. The number of aliphatic hydroxyl groups is 1. The summed E-state index contributed by atoms with van der Waals surface area (Å²) in [5.41, 5.74) is 0.449. The molecule has 2 N–H and O–H groups in total. The molecule has 0 fully saturated rings. The van der Waals surface area contributed by atoms with Crippen molar-refractivity contribution in [3.8, 4) is 5.69 Å². The number of fused-ring (bicyclic) bond motifs is 1. The second-order valence-electron chi connectivity index (χ2n) is 5.91. The molecule has 0 bridgehead atoms. The minimum absolute atomic E-state index is 0.206. The maximum atomic E-state index is 12.2. The quantitative estimate of drug-likeness (QED) is 0.554. The first kappa shape index (κ1) is 15.8. The number of benzene rings is 1. The van der Waals surface area contributed by atoms with Gasteiger partial charge in [-0.1, -0.05) is 30.0 Å². The van der Waals surface area contributed by atoms with E-state index < -0.39 is 5.60 Å². The van der Waals surface area contributed by atoms with Crippen molar-refractivity contribution in [1.82, 2.24) is 19.7 Å². The van der Waals surface area contributed by atoms with Crippen molar-refractivity contribution in [3.05, 3.63) is 46.9 Å². The lowest BCUT2D eigenvalue weighted by atomic mass is 10.1. The van der Waals surface area contributed by atoms with Gasteiger partial charge in [-0.2, -0.15) is 5.10 Å². The van der Waals surface area contributed by atoms with Crippen LogP contribution in [0.25, 0.3) is 16.7 Å². The normalized spacial score (nSPS) is 12.0. The van der Waals surface area contributed by atoms with E-state index in [-0.39, 0.29) is 5.56 Å². The van der Waals surface area contributed by atoms with Crippen molar-refractivity contribution in [1.29, 1.82) is 0 Å². The van der Waals surface area contributed by atoms with Crippen LogP contribution in [0.5, 0.6) is 0 Å². The van der Waals surface area contributed by atoms with Gasteiger partial charge in [0.15, 0.2) is 10.8 Å². The summed E-state index contributed by atoms with van der Waals surface area (Å²) >= 11 is 1.42. The summed E-state index contributed by atoms with van der Waals surface area (Å²) in [5.74, 6) is 0.664. The third kappa shape index (κ3) is 3.62. The maximum Gasteiger partial charge on any atom is 0.262 e. The molecule has 0 spiro atoms. The van der Waals surface area contributed by atoms with E-state index >= 15 is 0 Å². The summed E-state index contributed by atoms with van der Waals surface area (Å²) < 4.78 is 1.66. The molecular formula is C16H18N4O2S. The Hall–Kier alpha value is -2.12. The molecule has 0 radical (unpaired) electrons. The molecule has 2 heterocycles. The fourth-order valence-electron chi connectivity index (χ4n) is 2.12. The van der Waals surface area contributed by atoms with Crippen LogP contribution in [0.4, 0.5) is 0 Å². The van der Waals surface area contributed by atoms with Crippen molar-refractivity contribution in [3.63, 3.8) is 0 Å². The van der Waals surface area contributed by atoms with E-state index in [9.17, 15) is 9.90 Å². The molecule has 0 saturated carbocycles. The summed E-state index contributed by atoms with van der Waals surface area (Å²) in [6, 6.07) is 9.57. The fraction of sp³-hybridized carbons (Fsp3) is 0.312. The van der Waals surface area contributed by atoms with Gasteiger partial charge in [0.1, 0.15) is 5.39 Å². The van der Waals surface area contributed by atoms with Crippen LogP contribution in [-0.4, -0.2) is 36.2 Å². The summed E-state index contributed by atoms with van der Waals surface area (Å²) in [7, 11) is 0. The average molecular weight is 330 g/mol. The van der Waals surface area contributed by atoms with Crippen LogP contribution in [0, 0.1) is 0 Å². The molecule has 120 valence electrons. The monoisotopic (exact) mass is 330 g/mol. The summed E-state index contributed by atoms with van der Waals surface area (Å²) in [5, 5.41) is 15.0. The van der Waals surface area contributed by atoms with Crippen molar-refractivity contribution < 1.29 is 5.11 Å². The lowest BCUT2D eigenvalue weighted by molar-refractivity contribution is 0.0777. The molecule has 3 rings (SSSR count). The number of nitrogens with zero attached hydrogens (tertiary/aromatic N) is 3. The van der Waals surface area contributed by atoms with E-state index in [0.29, 0.717) is 28.4 Å². The predicted octanol–water partition coefficient (Wildman–Crippen LogP) is 2.36. The van der Waals surface area contributed by atoms with Gasteiger partial charge in [0.25, 0.3) is 5.56 Å². The van der Waals surface area contributed by atoms with Crippen LogP contribution in [0.3, 0.4) is 0 Å². The minimum Gasteiger partial charge on any atom is -0.390 e. The van der Waals surface area contributed by atoms with E-state index in [1.54, 1.807) is 18.5 Å². The lowest BCUT2D eigenvalue weighted by Crippen LogP contribution is -2.19. The average Bonchev–Trinajstić information content (AvgIpc) is 2.91. The Morgan fingerprint density at radius 2 is 2.04 bits per heavy atom. The van der Waals surface area contributed by atoms with Gasteiger partial charge in [0, 0.05) is 5.75 Å². The Bertz CT molecular complexity index is 865. The van der Waals surface area contributed by atoms with Crippen LogP contribution in [-0.2, 0) is 0 Å². The SMILES string of the molecule is CC(C)(O)CCSc1nc2c(cnn2-c2ccccc2)c(=O)[nH]1. The van der Waals surface area contributed by atoms with Crippen LogP contribution in [0.15, 0.2) is 46.5 Å².